The van der Waals surface area contributed by atoms with Crippen molar-refractivity contribution in [3.05, 3.63) is 71.3 Å². The van der Waals surface area contributed by atoms with Crippen LogP contribution in [0.3, 0.4) is 0 Å². The van der Waals surface area contributed by atoms with Crippen molar-refractivity contribution in [2.75, 3.05) is 18.2 Å². The maximum absolute atomic E-state index is 14.7. The minimum Gasteiger partial charge on any atom is -0.508 e. The number of fused-ring (bicyclic) bond motifs is 4. The lowest BCUT2D eigenvalue weighted by Crippen LogP contribution is -2.35. The Kier molecular flexibility index (Phi) is 5.09. The number of pyridine rings is 1. The highest BCUT2D eigenvalue weighted by Gasteiger charge is 2.45. The topological polar surface area (TPSA) is 119 Å². The fourth-order valence-electron chi connectivity index (χ4n) is 4.06. The standard InChI is InChI=1S/C23H19FN4O4S/c1-31-14-3-4-18(26-11-14)21(30)27-12-2-5-19-15(8-12)23(6-7-33-22(25)28-23)16-9-13(29)10-17(24)20(16)32-19/h2-5,8-11,29H,6-7H2,1H3,(H2,25,28)(H,27,30)/t23-/m0/s1. The molecule has 4 N–H and O–H groups in total. The number of nitrogens with one attached hydrogen (secondary N) is 1. The van der Waals surface area contributed by atoms with Crippen molar-refractivity contribution in [3.8, 4) is 23.0 Å². The third-order valence-electron chi connectivity index (χ3n) is 5.59. The lowest BCUT2D eigenvalue weighted by Gasteiger charge is -2.39. The number of nitrogens with two attached hydrogens (primary N) is 1. The van der Waals surface area contributed by atoms with Crippen molar-refractivity contribution in [2.45, 2.75) is 12.0 Å². The van der Waals surface area contributed by atoms with Crippen LogP contribution in [0, 0.1) is 5.82 Å². The number of methoxy groups -OCH3 is 1. The molecule has 0 bridgehead atoms. The van der Waals surface area contributed by atoms with Gasteiger partial charge in [0, 0.05) is 28.6 Å². The number of aromatic nitrogens is 1. The number of amidine groups is 1. The van der Waals surface area contributed by atoms with Crippen molar-refractivity contribution in [2.24, 2.45) is 10.7 Å². The Morgan fingerprint density at radius 3 is 2.85 bits per heavy atom. The predicted molar refractivity (Wildman–Crippen MR) is 123 cm³/mol. The van der Waals surface area contributed by atoms with Crippen LogP contribution in [0.1, 0.15) is 28.0 Å². The molecule has 0 saturated carbocycles. The van der Waals surface area contributed by atoms with Gasteiger partial charge in [0.25, 0.3) is 5.91 Å². The molecule has 3 aromatic rings. The summed E-state index contributed by atoms with van der Waals surface area (Å²) in [5.41, 5.74) is 6.72. The molecule has 10 heteroatoms. The molecule has 5 rings (SSSR count). The Hall–Kier alpha value is -3.79. The molecule has 33 heavy (non-hydrogen) atoms. The van der Waals surface area contributed by atoms with Gasteiger partial charge in [-0.1, -0.05) is 11.8 Å². The van der Waals surface area contributed by atoms with E-state index in [1.807, 2.05) is 0 Å². The highest BCUT2D eigenvalue weighted by molar-refractivity contribution is 8.13. The number of hydrogen-bond acceptors (Lipinski definition) is 8. The Morgan fingerprint density at radius 1 is 1.27 bits per heavy atom. The van der Waals surface area contributed by atoms with Crippen LogP contribution < -0.4 is 20.5 Å². The summed E-state index contributed by atoms with van der Waals surface area (Å²) in [5, 5.41) is 13.2. The molecule has 2 aliphatic heterocycles. The molecule has 2 aliphatic rings. The van der Waals surface area contributed by atoms with Crippen LogP contribution >= 0.6 is 11.8 Å². The number of benzene rings is 2. The summed E-state index contributed by atoms with van der Waals surface area (Å²) in [6.07, 6.45) is 1.96. The predicted octanol–water partition coefficient (Wildman–Crippen LogP) is 3.99. The van der Waals surface area contributed by atoms with Gasteiger partial charge in [0.15, 0.2) is 16.7 Å². The number of rotatable bonds is 3. The first-order chi connectivity index (χ1) is 15.9. The minimum absolute atomic E-state index is 0.00275. The molecule has 168 valence electrons. The zero-order chi connectivity index (χ0) is 23.2. The quantitative estimate of drug-likeness (QED) is 0.534. The maximum atomic E-state index is 14.7. The van der Waals surface area contributed by atoms with Crippen LogP contribution in [-0.4, -0.2) is 34.0 Å². The summed E-state index contributed by atoms with van der Waals surface area (Å²) in [6, 6.07) is 10.7. The number of thioether (sulfide) groups is 1. The highest BCUT2D eigenvalue weighted by Crippen LogP contribution is 2.54. The molecule has 0 saturated heterocycles. The smallest absolute Gasteiger partial charge is 0.274 e. The number of amides is 1. The molecule has 0 aliphatic carbocycles. The number of phenolic OH excluding ortho intramolecular Hbond substituents is 1. The summed E-state index contributed by atoms with van der Waals surface area (Å²) in [5.74, 6) is 0.246. The van der Waals surface area contributed by atoms with E-state index in [4.69, 9.17) is 20.2 Å². The summed E-state index contributed by atoms with van der Waals surface area (Å²) in [4.78, 5) is 21.5. The molecule has 0 unspecified atom stereocenters. The molecular formula is C23H19FN4O4S. The van der Waals surface area contributed by atoms with E-state index in [1.54, 1.807) is 30.3 Å². The number of aliphatic imine (C=N–C) groups is 1. The summed E-state index contributed by atoms with van der Waals surface area (Å²) in [7, 11) is 1.52. The Labute approximate surface area is 192 Å². The second-order valence-electron chi connectivity index (χ2n) is 7.56. The van der Waals surface area contributed by atoms with Gasteiger partial charge in [-0.2, -0.15) is 0 Å². The van der Waals surface area contributed by atoms with E-state index in [1.165, 1.54) is 31.1 Å². The summed E-state index contributed by atoms with van der Waals surface area (Å²) >= 11 is 1.40. The lowest BCUT2D eigenvalue weighted by molar-refractivity contribution is 0.102. The zero-order valence-electron chi connectivity index (χ0n) is 17.5. The number of aromatic hydroxyl groups is 1. The third kappa shape index (κ3) is 3.62. The van der Waals surface area contributed by atoms with Gasteiger partial charge in [-0.25, -0.2) is 14.4 Å². The SMILES string of the molecule is COc1ccc(C(=O)Nc2ccc3c(c2)[C@@]2(CCSC(N)=N2)c2cc(O)cc(F)c2O3)nc1. The van der Waals surface area contributed by atoms with Crippen molar-refractivity contribution in [1.29, 1.82) is 0 Å². The van der Waals surface area contributed by atoms with E-state index in [0.29, 0.717) is 45.7 Å². The van der Waals surface area contributed by atoms with Crippen LogP contribution in [0.4, 0.5) is 10.1 Å². The van der Waals surface area contributed by atoms with Gasteiger partial charge < -0.3 is 25.6 Å². The van der Waals surface area contributed by atoms with E-state index in [2.05, 4.69) is 10.3 Å². The largest absolute Gasteiger partial charge is 0.508 e. The Morgan fingerprint density at radius 2 is 2.12 bits per heavy atom. The van der Waals surface area contributed by atoms with Gasteiger partial charge in [-0.05, 0) is 42.8 Å². The normalized spacial score (nSPS) is 18.5. The lowest BCUT2D eigenvalue weighted by atomic mass is 9.78. The fraction of sp³-hybridized carbons (Fsp3) is 0.174. The van der Waals surface area contributed by atoms with Crippen molar-refractivity contribution in [1.82, 2.24) is 4.98 Å². The first-order valence-electron chi connectivity index (χ1n) is 10.0. The average molecular weight is 466 g/mol. The number of carbonyl (C=O) groups excluding carboxylic acids is 1. The molecule has 2 aromatic carbocycles. The Bertz CT molecular complexity index is 1300. The molecule has 1 amide bonds. The third-order valence-corrected chi connectivity index (χ3v) is 6.38. The van der Waals surface area contributed by atoms with Crippen molar-refractivity contribution >= 4 is 28.5 Å². The molecule has 1 atom stereocenters. The number of anilines is 1. The Balaban J connectivity index is 1.57. The second kappa shape index (κ2) is 7.96. The number of phenols is 1. The number of carbonyl (C=O) groups is 1. The number of ether oxygens (including phenoxy) is 2. The number of nitrogens with zero attached hydrogens (tertiary/aromatic N) is 2. The van der Waals surface area contributed by atoms with Gasteiger partial charge in [0.2, 0.25) is 0 Å². The van der Waals surface area contributed by atoms with E-state index < -0.39 is 17.3 Å². The van der Waals surface area contributed by atoms with Gasteiger partial charge in [0.1, 0.15) is 28.5 Å². The average Bonchev–Trinajstić information content (AvgIpc) is 2.80. The molecule has 1 spiro atoms. The molecule has 8 nitrogen and oxygen atoms in total. The van der Waals surface area contributed by atoms with Gasteiger partial charge in [-0.15, -0.1) is 0 Å². The monoisotopic (exact) mass is 466 g/mol. The molecule has 0 radical (unpaired) electrons. The van der Waals surface area contributed by atoms with Crippen molar-refractivity contribution < 1.29 is 23.8 Å². The van der Waals surface area contributed by atoms with E-state index >= 15 is 0 Å². The van der Waals surface area contributed by atoms with Crippen LogP contribution in [0.2, 0.25) is 0 Å². The summed E-state index contributed by atoms with van der Waals surface area (Å²) < 4.78 is 25.6. The van der Waals surface area contributed by atoms with Crippen LogP contribution in [0.25, 0.3) is 0 Å². The molecule has 1 aromatic heterocycles. The first-order valence-corrected chi connectivity index (χ1v) is 11.0. The van der Waals surface area contributed by atoms with Crippen LogP contribution in [0.5, 0.6) is 23.0 Å². The van der Waals surface area contributed by atoms with Gasteiger partial charge in [-0.3, -0.25) is 4.79 Å². The zero-order valence-corrected chi connectivity index (χ0v) is 18.3. The minimum atomic E-state index is -1.06. The second-order valence-corrected chi connectivity index (χ2v) is 8.68. The summed E-state index contributed by atoms with van der Waals surface area (Å²) in [6.45, 7) is 0. The molecule has 0 fully saturated rings. The first kappa shape index (κ1) is 21.1. The fourth-order valence-corrected chi connectivity index (χ4v) is 4.89. The highest BCUT2D eigenvalue weighted by atomic mass is 32.2. The van der Waals surface area contributed by atoms with Crippen LogP contribution in [0.15, 0.2) is 53.7 Å². The maximum Gasteiger partial charge on any atom is 0.274 e. The van der Waals surface area contributed by atoms with Gasteiger partial charge >= 0.3 is 0 Å². The molecule has 3 heterocycles. The van der Waals surface area contributed by atoms with E-state index in [9.17, 15) is 14.3 Å². The number of hydrogen-bond donors (Lipinski definition) is 3. The van der Waals surface area contributed by atoms with E-state index in [-0.39, 0.29) is 17.2 Å². The van der Waals surface area contributed by atoms with Gasteiger partial charge in [0.05, 0.1) is 13.3 Å². The number of halogens is 1. The van der Waals surface area contributed by atoms with E-state index in [0.717, 1.165) is 6.07 Å². The van der Waals surface area contributed by atoms with Crippen molar-refractivity contribution in [3.63, 3.8) is 0 Å². The van der Waals surface area contributed by atoms with Crippen LogP contribution in [-0.2, 0) is 5.54 Å². The molecular weight excluding hydrogens is 447 g/mol.